The van der Waals surface area contributed by atoms with Crippen molar-refractivity contribution in [1.29, 1.82) is 0 Å². The molecule has 0 unspecified atom stereocenters. The van der Waals surface area contributed by atoms with Gasteiger partial charge < -0.3 is 9.64 Å². The van der Waals surface area contributed by atoms with Crippen molar-refractivity contribution in [3.8, 4) is 0 Å². The van der Waals surface area contributed by atoms with Crippen molar-refractivity contribution in [2.45, 2.75) is 37.7 Å². The lowest BCUT2D eigenvalue weighted by molar-refractivity contribution is 0.176. The molecule has 0 saturated carbocycles. The average molecular weight is 327 g/mol. The van der Waals surface area contributed by atoms with Crippen LogP contribution in [0.1, 0.15) is 26.7 Å². The third-order valence-corrected chi connectivity index (χ3v) is 4.62. The van der Waals surface area contributed by atoms with Gasteiger partial charge in [-0.05, 0) is 50.5 Å². The Morgan fingerprint density at radius 2 is 2.09 bits per heavy atom. The van der Waals surface area contributed by atoms with Gasteiger partial charge in [-0.15, -0.1) is 0 Å². The van der Waals surface area contributed by atoms with Crippen molar-refractivity contribution in [3.63, 3.8) is 0 Å². The molecule has 1 aromatic carbocycles. The molecular formula is C16H22FNO3S. The molecule has 1 aliphatic rings. The van der Waals surface area contributed by atoms with E-state index < -0.39 is 15.7 Å². The molecule has 2 rings (SSSR count). The molecule has 0 bridgehead atoms. The van der Waals surface area contributed by atoms with Crippen LogP contribution in [0.5, 0.6) is 0 Å². The number of hydrogen-bond acceptors (Lipinski definition) is 4. The molecule has 22 heavy (non-hydrogen) atoms. The normalized spacial score (nSPS) is 18.0. The van der Waals surface area contributed by atoms with Crippen LogP contribution in [0.4, 0.5) is 10.1 Å². The minimum Gasteiger partial charge on any atom is -0.499 e. The summed E-state index contributed by atoms with van der Waals surface area (Å²) >= 11 is 0. The Bertz CT molecular complexity index is 668. The molecule has 6 heteroatoms. The van der Waals surface area contributed by atoms with Crippen LogP contribution in [-0.4, -0.2) is 33.9 Å². The second-order valence-electron chi connectivity index (χ2n) is 5.87. The highest BCUT2D eigenvalue weighted by molar-refractivity contribution is 7.90. The smallest absolute Gasteiger partial charge is 0.175 e. The number of nitrogens with zero attached hydrogens (tertiary/aromatic N) is 1. The summed E-state index contributed by atoms with van der Waals surface area (Å²) in [6, 6.07) is 4.08. The largest absolute Gasteiger partial charge is 0.499 e. The summed E-state index contributed by atoms with van der Waals surface area (Å²) in [5, 5.41) is 0. The Kier molecular flexibility index (Phi) is 5.11. The first kappa shape index (κ1) is 16.8. The minimum absolute atomic E-state index is 0.00432. The molecule has 0 amide bonds. The number of sulfone groups is 1. The van der Waals surface area contributed by atoms with E-state index in [9.17, 15) is 12.8 Å². The molecule has 0 atom stereocenters. The standard InChI is InChI=1S/C16H22FNO3S/c1-12(2)21-11-13-5-4-8-18(10-13)16-7-6-14(9-15(16)17)22(3,19)20/h6-7,9,11-12H,4-5,8,10H2,1-3H3/b13-11+. The van der Waals surface area contributed by atoms with Gasteiger partial charge in [0.1, 0.15) is 5.82 Å². The number of piperidine rings is 1. The number of benzene rings is 1. The summed E-state index contributed by atoms with van der Waals surface area (Å²) in [6.07, 6.45) is 4.81. The zero-order valence-corrected chi connectivity index (χ0v) is 14.0. The van der Waals surface area contributed by atoms with Crippen molar-refractivity contribution >= 4 is 15.5 Å². The molecule has 1 aromatic rings. The van der Waals surface area contributed by atoms with Crippen LogP contribution in [0.15, 0.2) is 34.9 Å². The van der Waals surface area contributed by atoms with Gasteiger partial charge in [0.25, 0.3) is 0 Å². The summed E-state index contributed by atoms with van der Waals surface area (Å²) in [7, 11) is -3.39. The Morgan fingerprint density at radius 1 is 1.36 bits per heavy atom. The summed E-state index contributed by atoms with van der Waals surface area (Å²) in [4.78, 5) is 1.92. The molecule has 1 aliphatic heterocycles. The first-order chi connectivity index (χ1) is 10.3. The monoisotopic (exact) mass is 327 g/mol. The Labute approximate surface area is 131 Å². The fourth-order valence-corrected chi connectivity index (χ4v) is 3.04. The summed E-state index contributed by atoms with van der Waals surface area (Å²) in [6.45, 7) is 5.26. The molecule has 0 N–H and O–H groups in total. The van der Waals surface area contributed by atoms with Crippen LogP contribution < -0.4 is 4.90 Å². The van der Waals surface area contributed by atoms with Crippen LogP contribution in [-0.2, 0) is 14.6 Å². The SMILES string of the molecule is CC(C)O/C=C1\CCCN(c2ccc(S(C)(=O)=O)cc2F)C1. The molecule has 1 saturated heterocycles. The molecule has 4 nitrogen and oxygen atoms in total. The summed E-state index contributed by atoms with van der Waals surface area (Å²) in [5.41, 5.74) is 1.55. The van der Waals surface area contributed by atoms with Gasteiger partial charge in [-0.25, -0.2) is 12.8 Å². The maximum Gasteiger partial charge on any atom is 0.175 e. The van der Waals surface area contributed by atoms with Crippen molar-refractivity contribution in [1.82, 2.24) is 0 Å². The fourth-order valence-electron chi connectivity index (χ4n) is 2.41. The van der Waals surface area contributed by atoms with Crippen molar-refractivity contribution in [2.24, 2.45) is 0 Å². The Balaban J connectivity index is 2.19. The highest BCUT2D eigenvalue weighted by atomic mass is 32.2. The van der Waals surface area contributed by atoms with Crippen LogP contribution in [0.3, 0.4) is 0 Å². The Hall–Kier alpha value is -1.56. The predicted octanol–water partition coefficient (Wildman–Crippen LogP) is 3.14. The van der Waals surface area contributed by atoms with Gasteiger partial charge in [-0.3, -0.25) is 0 Å². The van der Waals surface area contributed by atoms with E-state index in [0.29, 0.717) is 12.2 Å². The zero-order valence-electron chi connectivity index (χ0n) is 13.2. The topological polar surface area (TPSA) is 46.6 Å². The number of ether oxygens (including phenoxy) is 1. The van der Waals surface area contributed by atoms with Crippen molar-refractivity contribution in [3.05, 3.63) is 35.9 Å². The van der Waals surface area contributed by atoms with E-state index in [1.807, 2.05) is 18.7 Å². The van der Waals surface area contributed by atoms with Gasteiger partial charge in [0.05, 0.1) is 22.9 Å². The van der Waals surface area contributed by atoms with E-state index in [2.05, 4.69) is 0 Å². The summed E-state index contributed by atoms with van der Waals surface area (Å²) in [5.74, 6) is -0.506. The van der Waals surface area contributed by atoms with E-state index >= 15 is 0 Å². The van der Waals surface area contributed by atoms with E-state index in [-0.39, 0.29) is 11.0 Å². The maximum absolute atomic E-state index is 14.2. The minimum atomic E-state index is -3.39. The molecule has 122 valence electrons. The lowest BCUT2D eigenvalue weighted by atomic mass is 10.1. The predicted molar refractivity (Wildman–Crippen MR) is 85.3 cm³/mol. The molecule has 0 radical (unpaired) electrons. The van der Waals surface area contributed by atoms with Gasteiger partial charge in [0, 0.05) is 19.3 Å². The second kappa shape index (κ2) is 6.69. The number of rotatable bonds is 4. The molecular weight excluding hydrogens is 305 g/mol. The van der Waals surface area contributed by atoms with E-state index in [4.69, 9.17) is 4.74 Å². The van der Waals surface area contributed by atoms with Crippen molar-refractivity contribution in [2.75, 3.05) is 24.2 Å². The highest BCUT2D eigenvalue weighted by Gasteiger charge is 2.19. The molecule has 1 fully saturated rings. The van der Waals surface area contributed by atoms with Gasteiger partial charge in [0.15, 0.2) is 9.84 Å². The van der Waals surface area contributed by atoms with Crippen LogP contribution in [0, 0.1) is 5.82 Å². The fraction of sp³-hybridized carbons (Fsp3) is 0.500. The van der Waals surface area contributed by atoms with E-state index in [1.54, 1.807) is 6.26 Å². The van der Waals surface area contributed by atoms with Crippen LogP contribution in [0.2, 0.25) is 0 Å². The molecule has 0 aromatic heterocycles. The first-order valence-electron chi connectivity index (χ1n) is 7.35. The van der Waals surface area contributed by atoms with E-state index in [1.165, 1.54) is 12.1 Å². The molecule has 0 aliphatic carbocycles. The lowest BCUT2D eigenvalue weighted by Crippen LogP contribution is -2.32. The zero-order chi connectivity index (χ0) is 16.3. The first-order valence-corrected chi connectivity index (χ1v) is 9.24. The highest BCUT2D eigenvalue weighted by Crippen LogP contribution is 2.27. The van der Waals surface area contributed by atoms with Gasteiger partial charge in [-0.2, -0.15) is 0 Å². The number of halogens is 1. The van der Waals surface area contributed by atoms with Crippen LogP contribution in [0.25, 0.3) is 0 Å². The van der Waals surface area contributed by atoms with Gasteiger partial charge in [-0.1, -0.05) is 0 Å². The maximum atomic E-state index is 14.2. The number of hydrogen-bond donors (Lipinski definition) is 0. The van der Waals surface area contributed by atoms with E-state index in [0.717, 1.165) is 37.3 Å². The Morgan fingerprint density at radius 3 is 2.68 bits per heavy atom. The number of anilines is 1. The average Bonchev–Trinajstić information content (AvgIpc) is 2.44. The van der Waals surface area contributed by atoms with Crippen molar-refractivity contribution < 1.29 is 17.5 Å². The van der Waals surface area contributed by atoms with Gasteiger partial charge in [0.2, 0.25) is 0 Å². The van der Waals surface area contributed by atoms with Gasteiger partial charge >= 0.3 is 0 Å². The third kappa shape index (κ3) is 4.22. The third-order valence-electron chi connectivity index (χ3n) is 3.51. The summed E-state index contributed by atoms with van der Waals surface area (Å²) < 4.78 is 42.7. The molecule has 0 spiro atoms. The van der Waals surface area contributed by atoms with Crippen LogP contribution >= 0.6 is 0 Å². The second-order valence-corrected chi connectivity index (χ2v) is 7.89. The lowest BCUT2D eigenvalue weighted by Gasteiger charge is -2.31. The quantitative estimate of drug-likeness (QED) is 0.797. The molecule has 1 heterocycles.